The monoisotopic (exact) mass is 513 g/mol. The molecule has 11 heteroatoms. The highest BCUT2D eigenvalue weighted by molar-refractivity contribution is 5.98. The first kappa shape index (κ1) is 24.8. The molecule has 1 fully saturated rings. The Bertz CT molecular complexity index is 1630. The van der Waals surface area contributed by atoms with E-state index in [0.29, 0.717) is 5.56 Å². The second kappa shape index (κ2) is 9.20. The summed E-state index contributed by atoms with van der Waals surface area (Å²) in [4.78, 5) is 39.7. The fourth-order valence-corrected chi connectivity index (χ4v) is 4.95. The molecule has 2 aromatic carbocycles. The summed E-state index contributed by atoms with van der Waals surface area (Å²) in [6.45, 7) is 3.32. The van der Waals surface area contributed by atoms with Crippen molar-refractivity contribution >= 4 is 22.6 Å². The Morgan fingerprint density at radius 3 is 2.51 bits per heavy atom. The molecule has 1 aliphatic carbocycles. The first-order valence-electron chi connectivity index (χ1n) is 12.2. The van der Waals surface area contributed by atoms with E-state index in [-0.39, 0.29) is 52.3 Å². The van der Waals surface area contributed by atoms with Crippen LogP contribution in [0.25, 0.3) is 16.7 Å². The van der Waals surface area contributed by atoms with Gasteiger partial charge < -0.3 is 5.32 Å². The van der Waals surface area contributed by atoms with Gasteiger partial charge in [-0.1, -0.05) is 25.0 Å². The molecule has 37 heavy (non-hydrogen) atoms. The second-order valence-corrected chi connectivity index (χ2v) is 9.73. The van der Waals surface area contributed by atoms with Gasteiger partial charge in [0, 0.05) is 17.6 Å². The van der Waals surface area contributed by atoms with E-state index in [1.54, 1.807) is 19.9 Å². The standard InChI is InChI=1S/C26H26F3N5O3/c1-15(2)33-23(36)20-11-10-17(22(35)30-19-8-3-4-9-19)13-21(20)34-24(33)31-32(25(34)37)14-16-6-5-7-18(12-16)26(27,28)29/h5-7,10-13,15,19H,3-4,8-9,14H2,1-2H3,(H,30,35). The lowest BCUT2D eigenvalue weighted by molar-refractivity contribution is -0.137. The van der Waals surface area contributed by atoms with E-state index in [1.165, 1.54) is 33.2 Å². The highest BCUT2D eigenvalue weighted by atomic mass is 19.4. The molecule has 0 spiro atoms. The number of fused-ring (bicyclic) bond motifs is 3. The van der Waals surface area contributed by atoms with Gasteiger partial charge in [0.2, 0.25) is 5.78 Å². The Balaban J connectivity index is 1.66. The number of rotatable bonds is 5. The molecule has 5 rings (SSSR count). The number of carbonyl (C=O) groups excluding carboxylic acids is 1. The normalized spacial score (nSPS) is 14.8. The van der Waals surface area contributed by atoms with E-state index in [1.807, 2.05) is 0 Å². The first-order valence-corrected chi connectivity index (χ1v) is 12.2. The molecule has 0 aliphatic heterocycles. The van der Waals surface area contributed by atoms with Crippen LogP contribution in [0.4, 0.5) is 13.2 Å². The third-order valence-corrected chi connectivity index (χ3v) is 6.78. The number of benzene rings is 2. The number of halogens is 3. The lowest BCUT2D eigenvalue weighted by atomic mass is 10.1. The second-order valence-electron chi connectivity index (χ2n) is 9.73. The van der Waals surface area contributed by atoms with E-state index in [2.05, 4.69) is 10.4 Å². The largest absolute Gasteiger partial charge is 0.416 e. The van der Waals surface area contributed by atoms with Gasteiger partial charge in [0.15, 0.2) is 0 Å². The minimum Gasteiger partial charge on any atom is -0.349 e. The van der Waals surface area contributed by atoms with Gasteiger partial charge in [0.1, 0.15) is 0 Å². The van der Waals surface area contributed by atoms with Crippen LogP contribution >= 0.6 is 0 Å². The van der Waals surface area contributed by atoms with Gasteiger partial charge in [0.25, 0.3) is 11.5 Å². The number of hydrogen-bond donors (Lipinski definition) is 1. The van der Waals surface area contributed by atoms with Crippen LogP contribution in [0.15, 0.2) is 52.1 Å². The maximum absolute atomic E-state index is 13.5. The summed E-state index contributed by atoms with van der Waals surface area (Å²) < 4.78 is 43.2. The molecule has 0 radical (unpaired) electrons. The zero-order chi connectivity index (χ0) is 26.5. The van der Waals surface area contributed by atoms with E-state index in [4.69, 9.17) is 0 Å². The molecule has 8 nitrogen and oxygen atoms in total. The van der Waals surface area contributed by atoms with Crippen LogP contribution in [0.5, 0.6) is 0 Å². The number of nitrogens with one attached hydrogen (secondary N) is 1. The van der Waals surface area contributed by atoms with E-state index in [0.717, 1.165) is 42.5 Å². The van der Waals surface area contributed by atoms with Gasteiger partial charge in [-0.2, -0.15) is 13.2 Å². The topological polar surface area (TPSA) is 90.4 Å². The van der Waals surface area contributed by atoms with Crippen molar-refractivity contribution in [3.63, 3.8) is 0 Å². The van der Waals surface area contributed by atoms with E-state index in [9.17, 15) is 27.6 Å². The summed E-state index contributed by atoms with van der Waals surface area (Å²) >= 11 is 0. The van der Waals surface area contributed by atoms with Crippen molar-refractivity contribution in [3.05, 3.63) is 80.0 Å². The smallest absolute Gasteiger partial charge is 0.349 e. The van der Waals surface area contributed by atoms with Gasteiger partial charge in [-0.25, -0.2) is 13.9 Å². The highest BCUT2D eigenvalue weighted by Gasteiger charge is 2.30. The number of alkyl halides is 3. The molecule has 1 amide bonds. The first-order chi connectivity index (χ1) is 17.5. The summed E-state index contributed by atoms with van der Waals surface area (Å²) in [5.41, 5.74) is -1.07. The minimum absolute atomic E-state index is 0.0535. The number of carbonyl (C=O) groups is 1. The van der Waals surface area contributed by atoms with E-state index >= 15 is 0 Å². The quantitative estimate of drug-likeness (QED) is 0.435. The van der Waals surface area contributed by atoms with Gasteiger partial charge in [0.05, 0.1) is 23.0 Å². The van der Waals surface area contributed by atoms with Crippen LogP contribution in [0.1, 0.15) is 67.1 Å². The van der Waals surface area contributed by atoms with Gasteiger partial charge in [-0.05, 0) is 62.6 Å². The molecular weight excluding hydrogens is 487 g/mol. The Kier molecular flexibility index (Phi) is 6.17. The molecule has 2 heterocycles. The van der Waals surface area contributed by atoms with Crippen molar-refractivity contribution in [1.29, 1.82) is 0 Å². The van der Waals surface area contributed by atoms with Crippen molar-refractivity contribution in [1.82, 2.24) is 24.1 Å². The zero-order valence-corrected chi connectivity index (χ0v) is 20.4. The summed E-state index contributed by atoms with van der Waals surface area (Å²) in [6, 6.07) is 8.99. The van der Waals surface area contributed by atoms with Gasteiger partial charge in [-0.15, -0.1) is 5.10 Å². The van der Waals surface area contributed by atoms with Crippen LogP contribution in [-0.4, -0.2) is 30.7 Å². The van der Waals surface area contributed by atoms with Crippen LogP contribution < -0.4 is 16.6 Å². The fraction of sp³-hybridized carbons (Fsp3) is 0.385. The predicted octanol–water partition coefficient (Wildman–Crippen LogP) is 4.13. The molecule has 4 aromatic rings. The summed E-state index contributed by atoms with van der Waals surface area (Å²) in [5.74, 6) is -0.239. The Morgan fingerprint density at radius 2 is 1.84 bits per heavy atom. The number of aromatic nitrogens is 4. The van der Waals surface area contributed by atoms with Crippen LogP contribution in [0.3, 0.4) is 0 Å². The van der Waals surface area contributed by atoms with Crippen molar-refractivity contribution in [2.24, 2.45) is 0 Å². The van der Waals surface area contributed by atoms with Crippen LogP contribution in [0, 0.1) is 0 Å². The molecule has 194 valence electrons. The third kappa shape index (κ3) is 4.54. The van der Waals surface area contributed by atoms with Crippen LogP contribution in [-0.2, 0) is 12.7 Å². The van der Waals surface area contributed by atoms with Crippen molar-refractivity contribution in [2.45, 2.75) is 64.3 Å². The maximum atomic E-state index is 13.5. The van der Waals surface area contributed by atoms with E-state index < -0.39 is 17.4 Å². The Morgan fingerprint density at radius 1 is 1.11 bits per heavy atom. The molecule has 0 atom stereocenters. The lowest BCUT2D eigenvalue weighted by Crippen LogP contribution is -2.33. The molecule has 1 N–H and O–H groups in total. The van der Waals surface area contributed by atoms with Crippen molar-refractivity contribution in [2.75, 3.05) is 0 Å². The van der Waals surface area contributed by atoms with Crippen molar-refractivity contribution in [3.8, 4) is 0 Å². The minimum atomic E-state index is -4.52. The summed E-state index contributed by atoms with van der Waals surface area (Å²) in [5, 5.41) is 7.57. The molecule has 0 unspecified atom stereocenters. The molecule has 1 saturated carbocycles. The third-order valence-electron chi connectivity index (χ3n) is 6.78. The number of amides is 1. The summed E-state index contributed by atoms with van der Waals surface area (Å²) in [6.07, 6.45) is -0.602. The fourth-order valence-electron chi connectivity index (χ4n) is 4.95. The maximum Gasteiger partial charge on any atom is 0.416 e. The Hall–Kier alpha value is -3.89. The Labute approximate surface area is 209 Å². The predicted molar refractivity (Wildman–Crippen MR) is 132 cm³/mol. The molecule has 1 aliphatic rings. The highest BCUT2D eigenvalue weighted by Crippen LogP contribution is 2.29. The SMILES string of the molecule is CC(C)n1c(=O)c2ccc(C(=O)NC3CCCC3)cc2n2c(=O)n(Cc3cccc(C(F)(F)F)c3)nc12. The van der Waals surface area contributed by atoms with Crippen molar-refractivity contribution < 1.29 is 18.0 Å². The molecule has 0 saturated heterocycles. The average Bonchev–Trinajstić information content (AvgIpc) is 3.46. The van der Waals surface area contributed by atoms with Gasteiger partial charge >= 0.3 is 11.9 Å². The number of hydrogen-bond acceptors (Lipinski definition) is 4. The number of nitrogens with zero attached hydrogens (tertiary/aromatic N) is 4. The summed E-state index contributed by atoms with van der Waals surface area (Å²) in [7, 11) is 0. The lowest BCUT2D eigenvalue weighted by Gasteiger charge is -2.14. The average molecular weight is 514 g/mol. The molecule has 0 bridgehead atoms. The van der Waals surface area contributed by atoms with Gasteiger partial charge in [-0.3, -0.25) is 14.2 Å². The zero-order valence-electron chi connectivity index (χ0n) is 20.4. The molecular formula is C26H26F3N5O3. The molecule has 2 aromatic heterocycles. The van der Waals surface area contributed by atoms with Crippen LogP contribution in [0.2, 0.25) is 0 Å².